The topological polar surface area (TPSA) is 52.7 Å². The number of amides is 2. The predicted octanol–water partition coefficient (Wildman–Crippen LogP) is 0.313. The van der Waals surface area contributed by atoms with Crippen molar-refractivity contribution >= 4 is 11.8 Å². The molecule has 0 unspecified atom stereocenters. The lowest BCUT2D eigenvalue weighted by Gasteiger charge is -2.23. The van der Waals surface area contributed by atoms with Crippen molar-refractivity contribution in [2.24, 2.45) is 0 Å². The Balaban J connectivity index is 4.02. The van der Waals surface area contributed by atoms with E-state index in [2.05, 4.69) is 5.32 Å². The second kappa shape index (κ2) is 8.98. The summed E-state index contributed by atoms with van der Waals surface area (Å²) in [5.74, 6) is 0.0419. The summed E-state index contributed by atoms with van der Waals surface area (Å²) in [6.45, 7) is 6.27. The van der Waals surface area contributed by atoms with Crippen LogP contribution in [0.25, 0.3) is 0 Å². The number of nitrogens with one attached hydrogen (secondary N) is 1. The maximum Gasteiger partial charge on any atom is 0.242 e. The highest BCUT2D eigenvalue weighted by Crippen LogP contribution is 1.97. The van der Waals surface area contributed by atoms with Crippen LogP contribution in [-0.2, 0) is 9.59 Å². The average molecular weight is 243 g/mol. The minimum Gasteiger partial charge on any atom is -0.342 e. The lowest BCUT2D eigenvalue weighted by Crippen LogP contribution is -2.41. The van der Waals surface area contributed by atoms with E-state index in [0.717, 1.165) is 13.0 Å². The third kappa shape index (κ3) is 6.26. The number of hydrogen-bond donors (Lipinski definition) is 1. The zero-order chi connectivity index (χ0) is 13.3. The number of hydrogen-bond acceptors (Lipinski definition) is 3. The van der Waals surface area contributed by atoms with Gasteiger partial charge in [-0.1, -0.05) is 0 Å². The molecule has 0 saturated carbocycles. The van der Waals surface area contributed by atoms with Crippen LogP contribution in [0.3, 0.4) is 0 Å². The SMILES string of the molecule is CCN(CC)C(=O)CN(C)C(=O)CCCNC. The van der Waals surface area contributed by atoms with Crippen molar-refractivity contribution in [3.05, 3.63) is 0 Å². The van der Waals surface area contributed by atoms with Gasteiger partial charge in [0.1, 0.15) is 0 Å². The zero-order valence-electron chi connectivity index (χ0n) is 11.5. The fourth-order valence-corrected chi connectivity index (χ4v) is 1.57. The van der Waals surface area contributed by atoms with E-state index in [4.69, 9.17) is 0 Å². The zero-order valence-corrected chi connectivity index (χ0v) is 11.5. The van der Waals surface area contributed by atoms with Gasteiger partial charge in [0.05, 0.1) is 6.54 Å². The predicted molar refractivity (Wildman–Crippen MR) is 68.7 cm³/mol. The molecule has 0 spiro atoms. The van der Waals surface area contributed by atoms with Crippen molar-refractivity contribution in [2.75, 3.05) is 40.3 Å². The van der Waals surface area contributed by atoms with E-state index >= 15 is 0 Å². The highest BCUT2D eigenvalue weighted by Gasteiger charge is 2.15. The first-order valence-corrected chi connectivity index (χ1v) is 6.23. The van der Waals surface area contributed by atoms with E-state index in [1.54, 1.807) is 11.9 Å². The van der Waals surface area contributed by atoms with Crippen LogP contribution >= 0.6 is 0 Å². The molecule has 5 nitrogen and oxygen atoms in total. The van der Waals surface area contributed by atoms with Crippen LogP contribution in [0.4, 0.5) is 0 Å². The smallest absolute Gasteiger partial charge is 0.242 e. The van der Waals surface area contributed by atoms with Crippen LogP contribution in [0, 0.1) is 0 Å². The molecule has 0 fully saturated rings. The summed E-state index contributed by atoms with van der Waals surface area (Å²) in [6.07, 6.45) is 1.29. The molecule has 0 saturated heterocycles. The summed E-state index contributed by atoms with van der Waals surface area (Å²) in [5, 5.41) is 2.99. The molecule has 1 N–H and O–H groups in total. The maximum absolute atomic E-state index is 11.8. The summed E-state index contributed by atoms with van der Waals surface area (Å²) in [4.78, 5) is 26.7. The second-order valence-electron chi connectivity index (χ2n) is 4.02. The number of nitrogens with zero attached hydrogens (tertiary/aromatic N) is 2. The first-order valence-electron chi connectivity index (χ1n) is 6.23. The number of likely N-dealkylation sites (N-methyl/N-ethyl adjacent to an activating group) is 2. The van der Waals surface area contributed by atoms with Gasteiger partial charge in [-0.15, -0.1) is 0 Å². The van der Waals surface area contributed by atoms with Crippen molar-refractivity contribution in [3.63, 3.8) is 0 Å². The Kier molecular flexibility index (Phi) is 8.40. The van der Waals surface area contributed by atoms with Crippen LogP contribution in [-0.4, -0.2) is 61.9 Å². The molecule has 2 amide bonds. The maximum atomic E-state index is 11.8. The molecule has 0 rings (SSSR count). The Morgan fingerprint density at radius 2 is 1.71 bits per heavy atom. The summed E-state index contributed by atoms with van der Waals surface area (Å²) in [6, 6.07) is 0. The molecule has 0 aromatic heterocycles. The first-order chi connectivity index (χ1) is 8.06. The van der Waals surface area contributed by atoms with Crippen molar-refractivity contribution in [1.82, 2.24) is 15.1 Å². The molecule has 0 bridgehead atoms. The average Bonchev–Trinajstić information content (AvgIpc) is 2.30. The Hall–Kier alpha value is -1.10. The molecular formula is C12H25N3O2. The third-order valence-corrected chi connectivity index (χ3v) is 2.73. The van der Waals surface area contributed by atoms with Gasteiger partial charge < -0.3 is 15.1 Å². The van der Waals surface area contributed by atoms with Gasteiger partial charge in [0.15, 0.2) is 0 Å². The molecule has 0 heterocycles. The van der Waals surface area contributed by atoms with Crippen LogP contribution < -0.4 is 5.32 Å². The molecular weight excluding hydrogens is 218 g/mol. The fraction of sp³-hybridized carbons (Fsp3) is 0.833. The van der Waals surface area contributed by atoms with E-state index in [-0.39, 0.29) is 18.4 Å². The Morgan fingerprint density at radius 3 is 2.18 bits per heavy atom. The van der Waals surface area contributed by atoms with Crippen LogP contribution in [0.5, 0.6) is 0 Å². The molecule has 0 atom stereocenters. The molecule has 5 heteroatoms. The molecule has 0 aliphatic carbocycles. The van der Waals surface area contributed by atoms with E-state index < -0.39 is 0 Å². The van der Waals surface area contributed by atoms with Gasteiger partial charge in [0.25, 0.3) is 0 Å². The van der Waals surface area contributed by atoms with Crippen molar-refractivity contribution in [3.8, 4) is 0 Å². The monoisotopic (exact) mass is 243 g/mol. The quantitative estimate of drug-likeness (QED) is 0.624. The van der Waals surface area contributed by atoms with Gasteiger partial charge in [0.2, 0.25) is 11.8 Å². The van der Waals surface area contributed by atoms with Gasteiger partial charge in [0, 0.05) is 26.6 Å². The van der Waals surface area contributed by atoms with E-state index in [1.165, 1.54) is 4.90 Å². The van der Waals surface area contributed by atoms with Crippen molar-refractivity contribution in [2.45, 2.75) is 26.7 Å². The van der Waals surface area contributed by atoms with Crippen LogP contribution in [0.2, 0.25) is 0 Å². The molecule has 17 heavy (non-hydrogen) atoms. The highest BCUT2D eigenvalue weighted by atomic mass is 16.2. The fourth-order valence-electron chi connectivity index (χ4n) is 1.57. The third-order valence-electron chi connectivity index (χ3n) is 2.73. The molecule has 0 aliphatic heterocycles. The molecule has 0 aromatic carbocycles. The second-order valence-corrected chi connectivity index (χ2v) is 4.02. The lowest BCUT2D eigenvalue weighted by atomic mass is 10.2. The molecule has 0 radical (unpaired) electrons. The van der Waals surface area contributed by atoms with Gasteiger partial charge >= 0.3 is 0 Å². The van der Waals surface area contributed by atoms with Gasteiger partial charge in [-0.3, -0.25) is 9.59 Å². The normalized spacial score (nSPS) is 10.1. The number of carbonyl (C=O) groups is 2. The number of rotatable bonds is 8. The van der Waals surface area contributed by atoms with Crippen LogP contribution in [0.1, 0.15) is 26.7 Å². The van der Waals surface area contributed by atoms with E-state index in [1.807, 2.05) is 20.9 Å². The molecule has 0 aromatic rings. The Morgan fingerprint density at radius 1 is 1.12 bits per heavy atom. The van der Waals surface area contributed by atoms with Crippen LogP contribution in [0.15, 0.2) is 0 Å². The van der Waals surface area contributed by atoms with E-state index in [9.17, 15) is 9.59 Å². The minimum atomic E-state index is 0.0134. The minimum absolute atomic E-state index is 0.0134. The number of carbonyl (C=O) groups excluding carboxylic acids is 2. The summed E-state index contributed by atoms with van der Waals surface area (Å²) >= 11 is 0. The van der Waals surface area contributed by atoms with Gasteiger partial charge in [-0.25, -0.2) is 0 Å². The summed E-state index contributed by atoms with van der Waals surface area (Å²) < 4.78 is 0. The standard InChI is InChI=1S/C12H25N3O2/c1-5-15(6-2)12(17)10-14(4)11(16)8-7-9-13-3/h13H,5-10H2,1-4H3. The lowest BCUT2D eigenvalue weighted by molar-refractivity contribution is -0.139. The Bertz CT molecular complexity index is 240. The van der Waals surface area contributed by atoms with Crippen molar-refractivity contribution in [1.29, 1.82) is 0 Å². The summed E-state index contributed by atoms with van der Waals surface area (Å²) in [5.41, 5.74) is 0. The first kappa shape index (κ1) is 15.9. The Labute approximate surface area is 104 Å². The largest absolute Gasteiger partial charge is 0.342 e. The van der Waals surface area contributed by atoms with Crippen molar-refractivity contribution < 1.29 is 9.59 Å². The molecule has 0 aliphatic rings. The van der Waals surface area contributed by atoms with Gasteiger partial charge in [-0.05, 0) is 33.9 Å². The highest BCUT2D eigenvalue weighted by molar-refractivity contribution is 5.84. The van der Waals surface area contributed by atoms with Gasteiger partial charge in [-0.2, -0.15) is 0 Å². The van der Waals surface area contributed by atoms with E-state index in [0.29, 0.717) is 19.5 Å². The molecule has 100 valence electrons. The summed E-state index contributed by atoms with van der Waals surface area (Å²) in [7, 11) is 3.54.